The van der Waals surface area contributed by atoms with Crippen LogP contribution in [0.15, 0.2) is 24.5 Å². The molecule has 0 bridgehead atoms. The Morgan fingerprint density at radius 1 is 1.32 bits per heavy atom. The van der Waals surface area contributed by atoms with Crippen LogP contribution in [0.4, 0.5) is 5.69 Å². The van der Waals surface area contributed by atoms with Crippen LogP contribution < -0.4 is 4.90 Å². The van der Waals surface area contributed by atoms with Gasteiger partial charge in [-0.25, -0.2) is 0 Å². The van der Waals surface area contributed by atoms with E-state index in [2.05, 4.69) is 4.98 Å². The van der Waals surface area contributed by atoms with Gasteiger partial charge in [0.15, 0.2) is 0 Å². The summed E-state index contributed by atoms with van der Waals surface area (Å²) in [5.41, 5.74) is 0.875. The number of piperidine rings is 1. The standard InChI is InChI=1S/C17H25N3O2/c1-3-6-16(21)19-12-5-7-14(13-19)17(22)20(4-2)15-8-10-18-11-9-15/h8-11,14H,3-7,12-13H2,1-2H3/t14-/m0/s1. The topological polar surface area (TPSA) is 53.5 Å². The Labute approximate surface area is 132 Å². The van der Waals surface area contributed by atoms with Crippen LogP contribution in [0.2, 0.25) is 0 Å². The molecule has 1 fully saturated rings. The molecule has 0 unspecified atom stereocenters. The van der Waals surface area contributed by atoms with Crippen LogP contribution in [0, 0.1) is 5.92 Å². The summed E-state index contributed by atoms with van der Waals surface area (Å²) in [6.45, 7) is 5.94. The summed E-state index contributed by atoms with van der Waals surface area (Å²) in [4.78, 5) is 32.5. The Hall–Kier alpha value is -1.91. The molecule has 1 aliphatic rings. The van der Waals surface area contributed by atoms with E-state index in [1.54, 1.807) is 17.3 Å². The Morgan fingerprint density at radius 3 is 2.68 bits per heavy atom. The number of aromatic nitrogens is 1. The van der Waals surface area contributed by atoms with E-state index in [-0.39, 0.29) is 17.7 Å². The monoisotopic (exact) mass is 303 g/mol. The molecule has 0 aromatic carbocycles. The van der Waals surface area contributed by atoms with Crippen LogP contribution in [0.3, 0.4) is 0 Å². The predicted octanol–water partition coefficient (Wildman–Crippen LogP) is 2.47. The lowest BCUT2D eigenvalue weighted by Gasteiger charge is -2.34. The maximum atomic E-state index is 12.8. The van der Waals surface area contributed by atoms with Gasteiger partial charge in [0.2, 0.25) is 11.8 Å². The van der Waals surface area contributed by atoms with Gasteiger partial charge in [0.05, 0.1) is 5.92 Å². The molecule has 0 radical (unpaired) electrons. The fourth-order valence-electron chi connectivity index (χ4n) is 2.99. The summed E-state index contributed by atoms with van der Waals surface area (Å²) in [7, 11) is 0. The van der Waals surface area contributed by atoms with Gasteiger partial charge < -0.3 is 9.80 Å². The Bertz CT molecular complexity index is 504. The smallest absolute Gasteiger partial charge is 0.231 e. The predicted molar refractivity (Wildman–Crippen MR) is 86.5 cm³/mol. The maximum absolute atomic E-state index is 12.8. The summed E-state index contributed by atoms with van der Waals surface area (Å²) in [6.07, 6.45) is 6.58. The number of hydrogen-bond acceptors (Lipinski definition) is 3. The van der Waals surface area contributed by atoms with Crippen molar-refractivity contribution in [2.45, 2.75) is 39.5 Å². The van der Waals surface area contributed by atoms with E-state index in [1.165, 1.54) is 0 Å². The number of pyridine rings is 1. The van der Waals surface area contributed by atoms with Crippen LogP contribution in [-0.4, -0.2) is 41.3 Å². The summed E-state index contributed by atoms with van der Waals surface area (Å²) >= 11 is 0. The molecule has 1 atom stereocenters. The zero-order valence-electron chi connectivity index (χ0n) is 13.5. The summed E-state index contributed by atoms with van der Waals surface area (Å²) in [6, 6.07) is 3.70. The molecule has 5 heteroatoms. The summed E-state index contributed by atoms with van der Waals surface area (Å²) in [5.74, 6) is 0.192. The van der Waals surface area contributed by atoms with Crippen LogP contribution in [0.25, 0.3) is 0 Å². The summed E-state index contributed by atoms with van der Waals surface area (Å²) < 4.78 is 0. The Balaban J connectivity index is 2.06. The van der Waals surface area contributed by atoms with Crippen LogP contribution in [0.5, 0.6) is 0 Å². The second kappa shape index (κ2) is 7.92. The van der Waals surface area contributed by atoms with Gasteiger partial charge in [0, 0.05) is 44.1 Å². The summed E-state index contributed by atoms with van der Waals surface area (Å²) in [5, 5.41) is 0. The van der Waals surface area contributed by atoms with Crippen molar-refractivity contribution in [3.63, 3.8) is 0 Å². The van der Waals surface area contributed by atoms with Crippen LogP contribution >= 0.6 is 0 Å². The van der Waals surface area contributed by atoms with Crippen molar-refractivity contribution in [3.05, 3.63) is 24.5 Å². The number of carbonyl (C=O) groups is 2. The number of hydrogen-bond donors (Lipinski definition) is 0. The zero-order chi connectivity index (χ0) is 15.9. The highest BCUT2D eigenvalue weighted by Gasteiger charge is 2.31. The molecule has 1 saturated heterocycles. The second-order valence-corrected chi connectivity index (χ2v) is 5.72. The molecule has 1 aliphatic heterocycles. The third kappa shape index (κ3) is 3.84. The number of nitrogens with zero attached hydrogens (tertiary/aromatic N) is 3. The van der Waals surface area contributed by atoms with E-state index in [4.69, 9.17) is 0 Å². The Morgan fingerprint density at radius 2 is 2.05 bits per heavy atom. The van der Waals surface area contributed by atoms with E-state index in [0.29, 0.717) is 19.5 Å². The molecule has 0 aliphatic carbocycles. The first-order chi connectivity index (χ1) is 10.7. The van der Waals surface area contributed by atoms with Gasteiger partial charge in [0.1, 0.15) is 0 Å². The normalized spacial score (nSPS) is 18.1. The van der Waals surface area contributed by atoms with Crippen molar-refractivity contribution in [2.24, 2.45) is 5.92 Å². The minimum absolute atomic E-state index is 0.0947. The number of rotatable bonds is 5. The fourth-order valence-corrected chi connectivity index (χ4v) is 2.99. The highest BCUT2D eigenvalue weighted by molar-refractivity contribution is 5.95. The van der Waals surface area contributed by atoms with Crippen LogP contribution in [-0.2, 0) is 9.59 Å². The molecular formula is C17H25N3O2. The molecule has 2 rings (SSSR count). The second-order valence-electron chi connectivity index (χ2n) is 5.72. The lowest BCUT2D eigenvalue weighted by Crippen LogP contribution is -2.46. The van der Waals surface area contributed by atoms with E-state index in [9.17, 15) is 9.59 Å². The number of amides is 2. The first kappa shape index (κ1) is 16.5. The molecule has 0 spiro atoms. The fraction of sp³-hybridized carbons (Fsp3) is 0.588. The minimum atomic E-state index is -0.0947. The largest absolute Gasteiger partial charge is 0.342 e. The molecule has 2 amide bonds. The van der Waals surface area contributed by atoms with Gasteiger partial charge in [-0.3, -0.25) is 14.6 Å². The number of carbonyl (C=O) groups excluding carboxylic acids is 2. The third-order valence-corrected chi connectivity index (χ3v) is 4.14. The minimum Gasteiger partial charge on any atom is -0.342 e. The van der Waals surface area contributed by atoms with Crippen molar-refractivity contribution in [2.75, 3.05) is 24.5 Å². The molecule has 0 N–H and O–H groups in total. The molecule has 120 valence electrons. The van der Waals surface area contributed by atoms with Crippen molar-refractivity contribution in [1.29, 1.82) is 0 Å². The average Bonchev–Trinajstić information content (AvgIpc) is 2.57. The maximum Gasteiger partial charge on any atom is 0.231 e. The molecule has 1 aromatic rings. The lowest BCUT2D eigenvalue weighted by molar-refractivity contribution is -0.135. The lowest BCUT2D eigenvalue weighted by atomic mass is 9.96. The van der Waals surface area contributed by atoms with Gasteiger partial charge in [-0.05, 0) is 38.3 Å². The van der Waals surface area contributed by atoms with Gasteiger partial charge in [0.25, 0.3) is 0 Å². The molecule has 0 saturated carbocycles. The van der Waals surface area contributed by atoms with Crippen molar-refractivity contribution < 1.29 is 9.59 Å². The Kier molecular flexibility index (Phi) is 5.92. The van der Waals surface area contributed by atoms with Gasteiger partial charge in [-0.15, -0.1) is 0 Å². The first-order valence-electron chi connectivity index (χ1n) is 8.16. The quantitative estimate of drug-likeness (QED) is 0.839. The van der Waals surface area contributed by atoms with E-state index >= 15 is 0 Å². The van der Waals surface area contributed by atoms with E-state index < -0.39 is 0 Å². The SMILES string of the molecule is CCCC(=O)N1CCC[C@H](C(=O)N(CC)c2ccncc2)C1. The van der Waals surface area contributed by atoms with Crippen molar-refractivity contribution in [1.82, 2.24) is 9.88 Å². The van der Waals surface area contributed by atoms with Gasteiger partial charge in [-0.2, -0.15) is 0 Å². The molecular weight excluding hydrogens is 278 g/mol. The van der Waals surface area contributed by atoms with E-state index in [0.717, 1.165) is 31.5 Å². The highest BCUT2D eigenvalue weighted by atomic mass is 16.2. The number of anilines is 1. The first-order valence-corrected chi connectivity index (χ1v) is 8.16. The third-order valence-electron chi connectivity index (χ3n) is 4.14. The average molecular weight is 303 g/mol. The van der Waals surface area contributed by atoms with Crippen LogP contribution in [0.1, 0.15) is 39.5 Å². The molecule has 5 nitrogen and oxygen atoms in total. The number of likely N-dealkylation sites (tertiary alicyclic amines) is 1. The van der Waals surface area contributed by atoms with Crippen molar-refractivity contribution >= 4 is 17.5 Å². The van der Waals surface area contributed by atoms with Gasteiger partial charge in [-0.1, -0.05) is 6.92 Å². The van der Waals surface area contributed by atoms with E-state index in [1.807, 2.05) is 30.9 Å². The zero-order valence-corrected chi connectivity index (χ0v) is 13.5. The van der Waals surface area contributed by atoms with Crippen molar-refractivity contribution in [3.8, 4) is 0 Å². The molecule has 22 heavy (non-hydrogen) atoms. The highest BCUT2D eigenvalue weighted by Crippen LogP contribution is 2.23. The molecule has 1 aromatic heterocycles. The van der Waals surface area contributed by atoms with Gasteiger partial charge >= 0.3 is 0 Å². The molecule has 2 heterocycles.